The maximum atomic E-state index is 12.3. The highest BCUT2D eigenvalue weighted by Gasteiger charge is 2.17. The van der Waals surface area contributed by atoms with E-state index in [2.05, 4.69) is 31.3 Å². The van der Waals surface area contributed by atoms with Crippen LogP contribution in [0, 0.1) is 0 Å². The number of hydrogen-bond acceptors (Lipinski definition) is 3. The van der Waals surface area contributed by atoms with Gasteiger partial charge in [0.2, 0.25) is 5.91 Å². The number of allylic oxidation sites excluding steroid dienone is 3. The molecule has 0 saturated carbocycles. The minimum atomic E-state index is -0.837. The van der Waals surface area contributed by atoms with Crippen molar-refractivity contribution in [1.29, 1.82) is 0 Å². The predicted molar refractivity (Wildman–Crippen MR) is 170 cm³/mol. The van der Waals surface area contributed by atoms with Gasteiger partial charge in [0.25, 0.3) is 0 Å². The molecule has 0 aromatic carbocycles. The molecule has 0 aliphatic rings. The maximum absolute atomic E-state index is 12.3. The average molecular weight is 550 g/mol. The van der Waals surface area contributed by atoms with Gasteiger partial charge in [-0.2, -0.15) is 0 Å². The summed E-state index contributed by atoms with van der Waals surface area (Å²) in [6.07, 6.45) is 38.2. The summed E-state index contributed by atoms with van der Waals surface area (Å²) in [5, 5.41) is 22.8. The van der Waals surface area contributed by atoms with Crippen molar-refractivity contribution in [3.05, 3.63) is 24.3 Å². The molecule has 1 amide bonds. The van der Waals surface area contributed by atoms with E-state index in [0.29, 0.717) is 6.42 Å². The largest absolute Gasteiger partial charge is 0.394 e. The highest BCUT2D eigenvalue weighted by Crippen LogP contribution is 2.13. The van der Waals surface area contributed by atoms with Crippen LogP contribution in [0.2, 0.25) is 0 Å². The van der Waals surface area contributed by atoms with Gasteiger partial charge in [0.1, 0.15) is 0 Å². The second kappa shape index (κ2) is 31.4. The molecule has 0 aromatic rings. The Morgan fingerprint density at radius 3 is 1.44 bits per heavy atom. The molecule has 39 heavy (non-hydrogen) atoms. The first-order valence-electron chi connectivity index (χ1n) is 17.1. The van der Waals surface area contributed by atoms with Crippen LogP contribution < -0.4 is 5.32 Å². The summed E-state index contributed by atoms with van der Waals surface area (Å²) in [7, 11) is 0. The number of carbonyl (C=O) groups excluding carboxylic acids is 1. The lowest BCUT2D eigenvalue weighted by Crippen LogP contribution is -2.45. The van der Waals surface area contributed by atoms with Gasteiger partial charge in [0.15, 0.2) is 0 Å². The lowest BCUT2D eigenvalue weighted by molar-refractivity contribution is -0.123. The molecular weight excluding hydrogens is 482 g/mol. The molecule has 4 nitrogen and oxygen atoms in total. The van der Waals surface area contributed by atoms with Crippen LogP contribution in [0.1, 0.15) is 174 Å². The molecule has 3 N–H and O–H groups in total. The molecule has 0 saturated heterocycles. The van der Waals surface area contributed by atoms with Crippen LogP contribution in [0.5, 0.6) is 0 Å². The van der Waals surface area contributed by atoms with Gasteiger partial charge in [-0.3, -0.25) is 4.79 Å². The van der Waals surface area contributed by atoms with Crippen LogP contribution in [0.15, 0.2) is 24.3 Å². The standard InChI is InChI=1S/C35H67NO3/c1-3-5-7-9-11-13-15-17-19-20-22-24-26-28-30-34(38)33(32-37)36-35(39)31-29-27-25-23-21-18-16-14-12-10-8-6-4-2/h14,16,28,30,33-34,37-38H,3-13,15,17-27,29,31-32H2,1-2H3,(H,36,39)/b16-14+,30-28+/t33-,34+/m0/s1. The molecule has 2 atom stereocenters. The second-order valence-electron chi connectivity index (χ2n) is 11.6. The van der Waals surface area contributed by atoms with Gasteiger partial charge in [-0.15, -0.1) is 0 Å². The van der Waals surface area contributed by atoms with Gasteiger partial charge >= 0.3 is 0 Å². The van der Waals surface area contributed by atoms with Crippen molar-refractivity contribution >= 4 is 5.91 Å². The van der Waals surface area contributed by atoms with Crippen LogP contribution in [0.3, 0.4) is 0 Å². The Morgan fingerprint density at radius 2 is 0.974 bits per heavy atom. The Kier molecular flexibility index (Phi) is 30.5. The quantitative estimate of drug-likeness (QED) is 0.0617. The van der Waals surface area contributed by atoms with Crippen molar-refractivity contribution < 1.29 is 15.0 Å². The second-order valence-corrected chi connectivity index (χ2v) is 11.6. The average Bonchev–Trinajstić information content (AvgIpc) is 2.94. The van der Waals surface area contributed by atoms with Gasteiger partial charge in [0, 0.05) is 6.42 Å². The fourth-order valence-corrected chi connectivity index (χ4v) is 4.99. The SMILES string of the molecule is CCCCCC/C=C/CCCCCCCC(=O)N[C@@H](CO)[C@H](O)/C=C/CCCCCCCCCCCCCC. The normalized spacial score (nSPS) is 13.4. The van der Waals surface area contributed by atoms with Crippen molar-refractivity contribution in [2.24, 2.45) is 0 Å². The third kappa shape index (κ3) is 28.2. The number of amides is 1. The third-order valence-electron chi connectivity index (χ3n) is 7.68. The third-order valence-corrected chi connectivity index (χ3v) is 7.68. The zero-order chi connectivity index (χ0) is 28.7. The van der Waals surface area contributed by atoms with Crippen LogP contribution in [-0.4, -0.2) is 34.9 Å². The number of rotatable bonds is 30. The predicted octanol–water partition coefficient (Wildman–Crippen LogP) is 9.73. The summed E-state index contributed by atoms with van der Waals surface area (Å²) < 4.78 is 0. The summed E-state index contributed by atoms with van der Waals surface area (Å²) in [6, 6.07) is -0.621. The van der Waals surface area contributed by atoms with Crippen molar-refractivity contribution in [2.75, 3.05) is 6.61 Å². The molecule has 0 fully saturated rings. The van der Waals surface area contributed by atoms with Gasteiger partial charge in [0.05, 0.1) is 18.8 Å². The first kappa shape index (κ1) is 37.9. The van der Waals surface area contributed by atoms with E-state index in [9.17, 15) is 15.0 Å². The van der Waals surface area contributed by atoms with Crippen molar-refractivity contribution in [2.45, 2.75) is 187 Å². The number of hydrogen-bond donors (Lipinski definition) is 3. The van der Waals surface area contributed by atoms with E-state index in [4.69, 9.17) is 0 Å². The lowest BCUT2D eigenvalue weighted by Gasteiger charge is -2.20. The smallest absolute Gasteiger partial charge is 0.220 e. The van der Waals surface area contributed by atoms with Crippen LogP contribution >= 0.6 is 0 Å². The molecular formula is C35H67NO3. The number of carbonyl (C=O) groups is 1. The van der Waals surface area contributed by atoms with E-state index in [0.717, 1.165) is 38.5 Å². The molecule has 4 heteroatoms. The number of unbranched alkanes of at least 4 members (excludes halogenated alkanes) is 21. The molecule has 0 rings (SSSR count). The lowest BCUT2D eigenvalue weighted by atomic mass is 10.0. The van der Waals surface area contributed by atoms with E-state index in [1.165, 1.54) is 116 Å². The topological polar surface area (TPSA) is 69.6 Å². The first-order chi connectivity index (χ1) is 19.2. The van der Waals surface area contributed by atoms with Crippen molar-refractivity contribution in [3.8, 4) is 0 Å². The molecule has 0 aliphatic carbocycles. The minimum absolute atomic E-state index is 0.0755. The summed E-state index contributed by atoms with van der Waals surface area (Å²) in [5.74, 6) is -0.0755. The summed E-state index contributed by atoms with van der Waals surface area (Å²) >= 11 is 0. The van der Waals surface area contributed by atoms with E-state index < -0.39 is 12.1 Å². The van der Waals surface area contributed by atoms with Crippen LogP contribution in [0.4, 0.5) is 0 Å². The Labute approximate surface area is 243 Å². The summed E-state index contributed by atoms with van der Waals surface area (Å²) in [5.41, 5.74) is 0. The monoisotopic (exact) mass is 550 g/mol. The number of aliphatic hydroxyl groups is 2. The molecule has 0 radical (unpaired) electrons. The minimum Gasteiger partial charge on any atom is -0.394 e. The molecule has 230 valence electrons. The zero-order valence-corrected chi connectivity index (χ0v) is 26.2. The van der Waals surface area contributed by atoms with E-state index >= 15 is 0 Å². The van der Waals surface area contributed by atoms with Gasteiger partial charge < -0.3 is 15.5 Å². The summed E-state index contributed by atoms with van der Waals surface area (Å²) in [4.78, 5) is 12.3. The molecule has 0 spiro atoms. The van der Waals surface area contributed by atoms with E-state index in [1.54, 1.807) is 6.08 Å². The number of aliphatic hydroxyl groups excluding tert-OH is 2. The maximum Gasteiger partial charge on any atom is 0.220 e. The molecule has 0 aromatic heterocycles. The van der Waals surface area contributed by atoms with Gasteiger partial charge in [-0.05, 0) is 44.9 Å². The fourth-order valence-electron chi connectivity index (χ4n) is 4.99. The Morgan fingerprint density at radius 1 is 0.590 bits per heavy atom. The van der Waals surface area contributed by atoms with E-state index in [-0.39, 0.29) is 12.5 Å². The molecule has 0 unspecified atom stereocenters. The van der Waals surface area contributed by atoms with Gasteiger partial charge in [-0.1, -0.05) is 147 Å². The van der Waals surface area contributed by atoms with Gasteiger partial charge in [-0.25, -0.2) is 0 Å². The van der Waals surface area contributed by atoms with Crippen molar-refractivity contribution in [1.82, 2.24) is 5.32 Å². The highest BCUT2D eigenvalue weighted by molar-refractivity contribution is 5.76. The Balaban J connectivity index is 3.67. The fraction of sp³-hybridized carbons (Fsp3) is 0.857. The molecule has 0 heterocycles. The van der Waals surface area contributed by atoms with Crippen molar-refractivity contribution in [3.63, 3.8) is 0 Å². The highest BCUT2D eigenvalue weighted by atomic mass is 16.3. The zero-order valence-electron chi connectivity index (χ0n) is 26.2. The van der Waals surface area contributed by atoms with E-state index in [1.807, 2.05) is 6.08 Å². The Bertz CT molecular complexity index is 560. The summed E-state index contributed by atoms with van der Waals surface area (Å²) in [6.45, 7) is 4.27. The first-order valence-corrected chi connectivity index (χ1v) is 17.1. The molecule has 0 aliphatic heterocycles. The number of nitrogens with one attached hydrogen (secondary N) is 1. The van der Waals surface area contributed by atoms with Crippen LogP contribution in [0.25, 0.3) is 0 Å². The van der Waals surface area contributed by atoms with Crippen LogP contribution in [-0.2, 0) is 4.79 Å². The molecule has 0 bridgehead atoms. The Hall–Kier alpha value is -1.13.